The van der Waals surface area contributed by atoms with Gasteiger partial charge in [-0.3, -0.25) is 4.79 Å². The lowest BCUT2D eigenvalue weighted by Crippen LogP contribution is -2.13. The van der Waals surface area contributed by atoms with E-state index in [4.69, 9.17) is 11.6 Å². The smallest absolute Gasteiger partial charge is 0.255 e. The fraction of sp³-hybridized carbons (Fsp3) is 0.188. The number of aryl methyl sites for hydroxylation is 1. The van der Waals surface area contributed by atoms with Crippen molar-refractivity contribution in [2.75, 3.05) is 5.32 Å². The van der Waals surface area contributed by atoms with E-state index < -0.39 is 0 Å². The van der Waals surface area contributed by atoms with Crippen molar-refractivity contribution in [1.82, 2.24) is 0 Å². The van der Waals surface area contributed by atoms with Crippen LogP contribution in [0, 0.1) is 13.8 Å². The summed E-state index contributed by atoms with van der Waals surface area (Å²) in [6.45, 7) is 4.03. The Labute approximate surface area is 118 Å². The molecule has 3 heteroatoms. The first-order valence-electron chi connectivity index (χ1n) is 6.14. The SMILES string of the molecule is Cc1cccc(NC(=O)c2ccc(CCl)cc2)c1C. The van der Waals surface area contributed by atoms with E-state index in [1.807, 2.05) is 44.2 Å². The van der Waals surface area contributed by atoms with Gasteiger partial charge in [-0.1, -0.05) is 24.3 Å². The van der Waals surface area contributed by atoms with Crippen LogP contribution in [0.1, 0.15) is 27.0 Å². The van der Waals surface area contributed by atoms with Crippen molar-refractivity contribution in [2.45, 2.75) is 19.7 Å². The molecule has 1 N–H and O–H groups in total. The quantitative estimate of drug-likeness (QED) is 0.830. The predicted octanol–water partition coefficient (Wildman–Crippen LogP) is 4.29. The maximum Gasteiger partial charge on any atom is 0.255 e. The molecule has 0 spiro atoms. The summed E-state index contributed by atoms with van der Waals surface area (Å²) in [5.74, 6) is 0.355. The number of halogens is 1. The Morgan fingerprint density at radius 2 is 1.79 bits per heavy atom. The maximum atomic E-state index is 12.1. The van der Waals surface area contributed by atoms with Crippen molar-refractivity contribution in [3.63, 3.8) is 0 Å². The third-order valence-corrected chi connectivity index (χ3v) is 3.53. The summed E-state index contributed by atoms with van der Waals surface area (Å²) in [5.41, 5.74) is 4.75. The zero-order valence-electron chi connectivity index (χ0n) is 11.0. The van der Waals surface area contributed by atoms with Crippen LogP contribution >= 0.6 is 11.6 Å². The highest BCUT2D eigenvalue weighted by Crippen LogP contribution is 2.19. The molecule has 1 amide bonds. The van der Waals surface area contributed by atoms with Crippen molar-refractivity contribution in [3.8, 4) is 0 Å². The van der Waals surface area contributed by atoms with Gasteiger partial charge in [0.25, 0.3) is 5.91 Å². The average Bonchev–Trinajstić information content (AvgIpc) is 2.44. The summed E-state index contributed by atoms with van der Waals surface area (Å²) in [6.07, 6.45) is 0. The number of hydrogen-bond donors (Lipinski definition) is 1. The van der Waals surface area contributed by atoms with Gasteiger partial charge in [0.05, 0.1) is 0 Å². The molecule has 0 saturated heterocycles. The average molecular weight is 274 g/mol. The number of carbonyl (C=O) groups is 1. The molecule has 0 bridgehead atoms. The largest absolute Gasteiger partial charge is 0.322 e. The molecule has 2 nitrogen and oxygen atoms in total. The summed E-state index contributed by atoms with van der Waals surface area (Å²) >= 11 is 5.73. The van der Waals surface area contributed by atoms with Crippen LogP contribution in [0.3, 0.4) is 0 Å². The first kappa shape index (κ1) is 13.6. The van der Waals surface area contributed by atoms with E-state index in [0.29, 0.717) is 11.4 Å². The summed E-state index contributed by atoms with van der Waals surface area (Å²) in [7, 11) is 0. The lowest BCUT2D eigenvalue weighted by molar-refractivity contribution is 0.102. The van der Waals surface area contributed by atoms with E-state index in [-0.39, 0.29) is 5.91 Å². The molecule has 19 heavy (non-hydrogen) atoms. The van der Waals surface area contributed by atoms with Crippen molar-refractivity contribution in [3.05, 3.63) is 64.7 Å². The van der Waals surface area contributed by atoms with Crippen LogP contribution in [0.2, 0.25) is 0 Å². The fourth-order valence-corrected chi connectivity index (χ4v) is 2.00. The highest BCUT2D eigenvalue weighted by atomic mass is 35.5. The molecule has 98 valence electrons. The van der Waals surface area contributed by atoms with E-state index in [0.717, 1.165) is 22.4 Å². The number of hydrogen-bond acceptors (Lipinski definition) is 1. The molecule has 0 aromatic heterocycles. The fourth-order valence-electron chi connectivity index (χ4n) is 1.83. The number of alkyl halides is 1. The molecule has 0 unspecified atom stereocenters. The molecular weight excluding hydrogens is 258 g/mol. The van der Waals surface area contributed by atoms with E-state index in [9.17, 15) is 4.79 Å². The van der Waals surface area contributed by atoms with E-state index in [1.54, 1.807) is 12.1 Å². The standard InChI is InChI=1S/C16H16ClNO/c1-11-4-3-5-15(12(11)2)18-16(19)14-8-6-13(10-17)7-9-14/h3-9H,10H2,1-2H3,(H,18,19). The number of nitrogens with one attached hydrogen (secondary N) is 1. The van der Waals surface area contributed by atoms with Crippen LogP contribution in [-0.2, 0) is 5.88 Å². The molecular formula is C16H16ClNO. The lowest BCUT2D eigenvalue weighted by atomic mass is 10.1. The van der Waals surface area contributed by atoms with Gasteiger partial charge in [0.15, 0.2) is 0 Å². The molecule has 0 aliphatic rings. The predicted molar refractivity (Wildman–Crippen MR) is 79.9 cm³/mol. The second kappa shape index (κ2) is 5.89. The van der Waals surface area contributed by atoms with Gasteiger partial charge in [-0.25, -0.2) is 0 Å². The zero-order chi connectivity index (χ0) is 13.8. The van der Waals surface area contributed by atoms with E-state index in [1.165, 1.54) is 0 Å². The third kappa shape index (κ3) is 3.15. The van der Waals surface area contributed by atoms with Gasteiger partial charge in [0.1, 0.15) is 0 Å². The Balaban J connectivity index is 2.18. The van der Waals surface area contributed by atoms with Crippen LogP contribution in [-0.4, -0.2) is 5.91 Å². The maximum absolute atomic E-state index is 12.1. The lowest BCUT2D eigenvalue weighted by Gasteiger charge is -2.10. The molecule has 0 radical (unpaired) electrons. The van der Waals surface area contributed by atoms with Gasteiger partial charge >= 0.3 is 0 Å². The number of rotatable bonds is 3. The summed E-state index contributed by atoms with van der Waals surface area (Å²) in [4.78, 5) is 12.1. The zero-order valence-corrected chi connectivity index (χ0v) is 11.8. The minimum Gasteiger partial charge on any atom is -0.322 e. The molecule has 0 saturated carbocycles. The number of carbonyl (C=O) groups excluding carboxylic acids is 1. The van der Waals surface area contributed by atoms with Crippen LogP contribution in [0.25, 0.3) is 0 Å². The number of anilines is 1. The minimum absolute atomic E-state index is 0.102. The summed E-state index contributed by atoms with van der Waals surface area (Å²) < 4.78 is 0. The van der Waals surface area contributed by atoms with Crippen molar-refractivity contribution >= 4 is 23.2 Å². The highest BCUT2D eigenvalue weighted by Gasteiger charge is 2.08. The van der Waals surface area contributed by atoms with Crippen LogP contribution in [0.5, 0.6) is 0 Å². The van der Waals surface area contributed by atoms with Gasteiger partial charge in [-0.15, -0.1) is 11.6 Å². The summed E-state index contributed by atoms with van der Waals surface area (Å²) in [5, 5.41) is 2.93. The van der Waals surface area contributed by atoms with Gasteiger partial charge in [0, 0.05) is 17.1 Å². The molecule has 0 aliphatic heterocycles. The van der Waals surface area contributed by atoms with Crippen LogP contribution < -0.4 is 5.32 Å². The van der Waals surface area contributed by atoms with Crippen LogP contribution in [0.4, 0.5) is 5.69 Å². The van der Waals surface area contributed by atoms with Gasteiger partial charge in [0.2, 0.25) is 0 Å². The van der Waals surface area contributed by atoms with E-state index >= 15 is 0 Å². The second-order valence-corrected chi connectivity index (χ2v) is 4.80. The molecule has 2 aromatic rings. The molecule has 0 aliphatic carbocycles. The van der Waals surface area contributed by atoms with Crippen molar-refractivity contribution in [1.29, 1.82) is 0 Å². The second-order valence-electron chi connectivity index (χ2n) is 4.53. The normalized spacial score (nSPS) is 10.3. The number of benzene rings is 2. The minimum atomic E-state index is -0.102. The van der Waals surface area contributed by atoms with E-state index in [2.05, 4.69) is 5.32 Å². The molecule has 0 fully saturated rings. The topological polar surface area (TPSA) is 29.1 Å². The monoisotopic (exact) mass is 273 g/mol. The Morgan fingerprint density at radius 3 is 2.42 bits per heavy atom. The highest BCUT2D eigenvalue weighted by molar-refractivity contribution is 6.17. The molecule has 2 aromatic carbocycles. The summed E-state index contributed by atoms with van der Waals surface area (Å²) in [6, 6.07) is 13.2. The van der Waals surface area contributed by atoms with Crippen molar-refractivity contribution < 1.29 is 4.79 Å². The third-order valence-electron chi connectivity index (χ3n) is 3.22. The van der Waals surface area contributed by atoms with Gasteiger partial charge in [-0.2, -0.15) is 0 Å². The Kier molecular flexibility index (Phi) is 4.23. The first-order chi connectivity index (χ1) is 9.11. The molecule has 0 atom stereocenters. The van der Waals surface area contributed by atoms with Crippen LogP contribution in [0.15, 0.2) is 42.5 Å². The number of amides is 1. The molecule has 2 rings (SSSR count). The Hall–Kier alpha value is -1.80. The van der Waals surface area contributed by atoms with Gasteiger partial charge in [-0.05, 0) is 48.7 Å². The Morgan fingerprint density at radius 1 is 1.11 bits per heavy atom. The van der Waals surface area contributed by atoms with Gasteiger partial charge < -0.3 is 5.32 Å². The molecule has 0 heterocycles. The van der Waals surface area contributed by atoms with Crippen molar-refractivity contribution in [2.24, 2.45) is 0 Å². The first-order valence-corrected chi connectivity index (χ1v) is 6.67. The Bertz CT molecular complexity index is 590.